The fraction of sp³-hybridized carbons (Fsp3) is 0.333. The van der Waals surface area contributed by atoms with Crippen LogP contribution in [-0.2, 0) is 14.4 Å². The second-order valence-electron chi connectivity index (χ2n) is 2.41. The van der Waals surface area contributed by atoms with E-state index in [2.05, 4.69) is 22.9 Å². The average molecular weight is 344 g/mol. The molecule has 6 nitrogen and oxygen atoms in total. The molecule has 0 aromatic rings. The number of amides is 2. The molecule has 0 atom stereocenters. The van der Waals surface area contributed by atoms with Gasteiger partial charge in [-0.2, -0.15) is 0 Å². The van der Waals surface area contributed by atoms with Gasteiger partial charge in [0.2, 0.25) is 11.8 Å². The Morgan fingerprint density at radius 2 is 1.53 bits per heavy atom. The van der Waals surface area contributed by atoms with Gasteiger partial charge in [0.05, 0.1) is 0 Å². The first-order valence-corrected chi connectivity index (χ1v) is 5.11. The Labute approximate surface area is 122 Å². The van der Waals surface area contributed by atoms with E-state index in [1.165, 1.54) is 0 Å². The maximum atomic E-state index is 10.4. The molecule has 2 amide bonds. The highest BCUT2D eigenvalue weighted by Gasteiger charge is 2.29. The summed E-state index contributed by atoms with van der Waals surface area (Å²) in [6.45, 7) is 0. The van der Waals surface area contributed by atoms with Crippen LogP contribution in [0.25, 0.3) is 0 Å². The van der Waals surface area contributed by atoms with Crippen LogP contribution < -0.4 is 10.6 Å². The monoisotopic (exact) mass is 342 g/mol. The van der Waals surface area contributed by atoms with Gasteiger partial charge in [0.15, 0.2) is 5.11 Å². The highest BCUT2D eigenvalue weighted by Crippen LogP contribution is 2.25. The number of thiocarbonyl (C=S) groups is 1. The summed E-state index contributed by atoms with van der Waals surface area (Å²) < 4.78 is -2.17. The number of nitrogens with one attached hydrogen (secondary N) is 2. The number of aliphatic carboxylic acids is 1. The van der Waals surface area contributed by atoms with E-state index >= 15 is 0 Å². The number of carboxylic acids is 1. The van der Waals surface area contributed by atoms with E-state index in [1.807, 2.05) is 0 Å². The van der Waals surface area contributed by atoms with Crippen molar-refractivity contribution in [3.63, 3.8) is 0 Å². The number of alkyl halides is 3. The van der Waals surface area contributed by atoms with Crippen LogP contribution in [0.5, 0.6) is 0 Å². The smallest absolute Gasteiger partial charge is 0.356 e. The zero-order valence-electron chi connectivity index (χ0n) is 7.83. The molecule has 98 valence electrons. The first-order valence-electron chi connectivity index (χ1n) is 3.56. The fourth-order valence-electron chi connectivity index (χ4n) is 0.519. The lowest BCUT2D eigenvalue weighted by Crippen LogP contribution is -2.49. The summed E-state index contributed by atoms with van der Waals surface area (Å²) >= 11 is 18.9. The normalized spacial score (nSPS) is 14.6. The molecule has 1 rings (SSSR count). The largest absolute Gasteiger partial charge is 0.478 e. The molecule has 0 unspecified atom stereocenters. The summed E-state index contributed by atoms with van der Waals surface area (Å²) in [5.41, 5.74) is 0. The predicted octanol–water partition coefficient (Wildman–Crippen LogP) is 0.770. The van der Waals surface area contributed by atoms with Crippen molar-refractivity contribution < 1.29 is 19.5 Å². The first-order chi connectivity index (χ1) is 7.12. The van der Waals surface area contributed by atoms with Crippen molar-refractivity contribution in [3.8, 4) is 0 Å². The quantitative estimate of drug-likeness (QED) is 0.343. The molecule has 1 fully saturated rings. The maximum Gasteiger partial charge on any atom is 0.356 e. The minimum Gasteiger partial charge on any atom is -0.478 e. The van der Waals surface area contributed by atoms with Gasteiger partial charge in [0.1, 0.15) is 6.42 Å². The lowest BCUT2D eigenvalue weighted by molar-refractivity contribution is -0.136. The molecule has 11 heteroatoms. The SMILES string of the molecule is Cl.O=C(O)C(Cl)(Cl)Cl.O=C1CC(=O)NC(=S)N1. The Morgan fingerprint density at radius 1 is 1.24 bits per heavy atom. The number of carbonyl (C=O) groups excluding carboxylic acids is 2. The number of hydrogen-bond acceptors (Lipinski definition) is 4. The topological polar surface area (TPSA) is 95.5 Å². The Balaban J connectivity index is 0. The lowest BCUT2D eigenvalue weighted by atomic mass is 10.3. The van der Waals surface area contributed by atoms with Crippen molar-refractivity contribution in [1.29, 1.82) is 0 Å². The minimum absolute atomic E-state index is 0. The van der Waals surface area contributed by atoms with Crippen LogP contribution in [0.15, 0.2) is 0 Å². The van der Waals surface area contributed by atoms with E-state index in [1.54, 1.807) is 0 Å². The van der Waals surface area contributed by atoms with Crippen LogP contribution in [-0.4, -0.2) is 31.8 Å². The van der Waals surface area contributed by atoms with Crippen molar-refractivity contribution in [2.45, 2.75) is 10.2 Å². The summed E-state index contributed by atoms with van der Waals surface area (Å²) in [7, 11) is 0. The molecule has 1 aliphatic rings. The fourth-order valence-corrected chi connectivity index (χ4v) is 0.746. The van der Waals surface area contributed by atoms with Gasteiger partial charge in [-0.1, -0.05) is 34.8 Å². The van der Waals surface area contributed by atoms with E-state index in [0.717, 1.165) is 0 Å². The van der Waals surface area contributed by atoms with Gasteiger partial charge >= 0.3 is 5.97 Å². The molecular formula is C6H6Cl4N2O4S. The number of halogens is 4. The summed E-state index contributed by atoms with van der Waals surface area (Å²) in [6.07, 6.45) is -0.125. The van der Waals surface area contributed by atoms with Crippen molar-refractivity contribution in [1.82, 2.24) is 10.6 Å². The zero-order chi connectivity index (χ0) is 12.9. The summed E-state index contributed by atoms with van der Waals surface area (Å²) in [5.74, 6) is -2.15. The van der Waals surface area contributed by atoms with E-state index < -0.39 is 9.76 Å². The maximum absolute atomic E-state index is 10.4. The van der Waals surface area contributed by atoms with Gasteiger partial charge in [-0.3, -0.25) is 9.59 Å². The van der Waals surface area contributed by atoms with Crippen LogP contribution in [0, 0.1) is 0 Å². The third kappa shape index (κ3) is 9.37. The number of rotatable bonds is 0. The van der Waals surface area contributed by atoms with E-state index in [0.29, 0.717) is 0 Å². The number of carbonyl (C=O) groups is 3. The van der Waals surface area contributed by atoms with Crippen LogP contribution in [0.4, 0.5) is 0 Å². The predicted molar refractivity (Wildman–Crippen MR) is 68.7 cm³/mol. The molecule has 0 aliphatic carbocycles. The first kappa shape index (κ1) is 19.0. The second-order valence-corrected chi connectivity index (χ2v) is 5.09. The van der Waals surface area contributed by atoms with Crippen molar-refractivity contribution in [2.24, 2.45) is 0 Å². The minimum atomic E-state index is -2.17. The number of carboxylic acid groups (broad SMARTS) is 1. The summed E-state index contributed by atoms with van der Waals surface area (Å²) in [4.78, 5) is 30.5. The third-order valence-corrected chi connectivity index (χ3v) is 1.76. The number of hydrogen-bond donors (Lipinski definition) is 3. The molecular weight excluding hydrogens is 338 g/mol. The molecule has 0 bridgehead atoms. The van der Waals surface area contributed by atoms with Gasteiger partial charge < -0.3 is 15.7 Å². The van der Waals surface area contributed by atoms with Crippen molar-refractivity contribution >= 4 is 82.3 Å². The summed E-state index contributed by atoms with van der Waals surface area (Å²) in [5, 5.41) is 12.5. The Hall–Kier alpha value is -0.340. The second kappa shape index (κ2) is 7.88. The Bertz CT molecular complexity index is 298. The van der Waals surface area contributed by atoms with Gasteiger partial charge in [-0.25, -0.2) is 4.79 Å². The molecule has 1 saturated heterocycles. The van der Waals surface area contributed by atoms with E-state index in [9.17, 15) is 14.4 Å². The molecule has 3 N–H and O–H groups in total. The van der Waals surface area contributed by atoms with E-state index in [4.69, 9.17) is 39.9 Å². The van der Waals surface area contributed by atoms with Crippen molar-refractivity contribution in [2.75, 3.05) is 0 Å². The highest BCUT2D eigenvalue weighted by molar-refractivity contribution is 7.80. The van der Waals surface area contributed by atoms with Gasteiger partial charge in [0.25, 0.3) is 3.79 Å². The molecule has 17 heavy (non-hydrogen) atoms. The zero-order valence-corrected chi connectivity index (χ0v) is 11.7. The van der Waals surface area contributed by atoms with Crippen LogP contribution in [0.3, 0.4) is 0 Å². The van der Waals surface area contributed by atoms with Crippen LogP contribution in [0.1, 0.15) is 6.42 Å². The molecule has 0 spiro atoms. The molecule has 0 saturated carbocycles. The van der Waals surface area contributed by atoms with Crippen LogP contribution >= 0.6 is 59.4 Å². The van der Waals surface area contributed by atoms with Gasteiger partial charge in [0, 0.05) is 0 Å². The van der Waals surface area contributed by atoms with Crippen LogP contribution in [0.2, 0.25) is 0 Å². The molecule has 1 aliphatic heterocycles. The summed E-state index contributed by atoms with van der Waals surface area (Å²) in [6, 6.07) is 0. The third-order valence-electron chi connectivity index (χ3n) is 1.07. The Morgan fingerprint density at radius 3 is 1.71 bits per heavy atom. The van der Waals surface area contributed by atoms with E-state index in [-0.39, 0.29) is 35.8 Å². The highest BCUT2D eigenvalue weighted by atomic mass is 35.6. The molecule has 1 heterocycles. The molecule has 0 aromatic carbocycles. The van der Waals surface area contributed by atoms with Crippen molar-refractivity contribution in [3.05, 3.63) is 0 Å². The lowest BCUT2D eigenvalue weighted by Gasteiger charge is -2.12. The van der Waals surface area contributed by atoms with Gasteiger partial charge in [-0.15, -0.1) is 12.4 Å². The molecule has 0 radical (unpaired) electrons. The molecule has 0 aromatic heterocycles. The average Bonchev–Trinajstić information content (AvgIpc) is 1.99. The van der Waals surface area contributed by atoms with Gasteiger partial charge in [-0.05, 0) is 12.2 Å². The Kier molecular flexibility index (Phi) is 8.82. The standard InChI is InChI=1S/C4H4N2O2S.C2HCl3O2.ClH/c7-2-1-3(8)6-4(9)5-2;3-2(4,5)1(6)7;/h1H2,(H2,5,6,7,8,9);(H,6,7);1H.